The first kappa shape index (κ1) is 14.8. The average molecular weight is 340 g/mol. The van der Waals surface area contributed by atoms with E-state index in [4.69, 9.17) is 0 Å². The Hall–Kier alpha value is -1.62. The molecule has 0 amide bonds. The van der Waals surface area contributed by atoms with Crippen molar-refractivity contribution in [2.24, 2.45) is 0 Å². The topological polar surface area (TPSA) is 42.2 Å². The van der Waals surface area contributed by atoms with E-state index >= 15 is 0 Å². The molecule has 20 heavy (non-hydrogen) atoms. The van der Waals surface area contributed by atoms with Gasteiger partial charge in [-0.05, 0) is 59.1 Å². The van der Waals surface area contributed by atoms with E-state index in [2.05, 4.69) is 15.9 Å². The first-order valence-corrected chi connectivity index (χ1v) is 7.13. The molecule has 1 N–H and O–H groups in total. The zero-order chi connectivity index (χ0) is 14.9. The molecule has 0 aliphatic rings. The number of benzene rings is 1. The molecule has 5 heteroatoms. The fraction of sp³-hybridized carbons (Fsp3) is 0.267. The molecule has 0 aliphatic carbocycles. The normalized spacial score (nSPS) is 10.8. The van der Waals surface area contributed by atoms with Gasteiger partial charge in [0.25, 0.3) is 0 Å². The van der Waals surface area contributed by atoms with Gasteiger partial charge in [-0.2, -0.15) is 0 Å². The van der Waals surface area contributed by atoms with Crippen molar-refractivity contribution in [3.63, 3.8) is 0 Å². The quantitative estimate of drug-likeness (QED) is 0.892. The maximum atomic E-state index is 13.5. The highest BCUT2D eigenvalue weighted by molar-refractivity contribution is 9.10. The second kappa shape index (κ2) is 5.79. The number of hydrogen-bond acceptors (Lipinski definition) is 1. The second-order valence-corrected chi connectivity index (χ2v) is 5.50. The molecule has 2 aromatic rings. The fourth-order valence-electron chi connectivity index (χ4n) is 2.28. The molecule has 1 heterocycles. The third-order valence-corrected chi connectivity index (χ3v) is 3.80. The van der Waals surface area contributed by atoms with Crippen LogP contribution in [-0.4, -0.2) is 15.6 Å². The number of rotatable bonds is 4. The summed E-state index contributed by atoms with van der Waals surface area (Å²) in [6.07, 6.45) is 0.823. The van der Waals surface area contributed by atoms with Crippen molar-refractivity contribution in [2.45, 2.75) is 26.8 Å². The Balaban J connectivity index is 2.63. The Morgan fingerprint density at radius 1 is 1.40 bits per heavy atom. The van der Waals surface area contributed by atoms with Gasteiger partial charge in [-0.15, -0.1) is 0 Å². The van der Waals surface area contributed by atoms with Crippen molar-refractivity contribution in [3.8, 4) is 11.3 Å². The SMILES string of the molecule is CCCn1c(C(=O)O)ccc1-c1cc(Br)c(F)cc1C. The Labute approximate surface area is 125 Å². The predicted molar refractivity (Wildman–Crippen MR) is 79.5 cm³/mol. The maximum Gasteiger partial charge on any atom is 0.352 e. The highest BCUT2D eigenvalue weighted by Gasteiger charge is 2.17. The number of hydrogen-bond donors (Lipinski definition) is 1. The summed E-state index contributed by atoms with van der Waals surface area (Å²) in [6, 6.07) is 6.50. The summed E-state index contributed by atoms with van der Waals surface area (Å²) in [6.45, 7) is 4.41. The molecule has 0 aliphatic heterocycles. The first-order valence-electron chi connectivity index (χ1n) is 6.34. The van der Waals surface area contributed by atoms with E-state index < -0.39 is 5.97 Å². The number of carboxylic acid groups (broad SMARTS) is 1. The third kappa shape index (κ3) is 2.63. The second-order valence-electron chi connectivity index (χ2n) is 4.64. The lowest BCUT2D eigenvalue weighted by molar-refractivity contribution is 0.0685. The van der Waals surface area contributed by atoms with Gasteiger partial charge in [-0.3, -0.25) is 0 Å². The first-order chi connectivity index (χ1) is 9.45. The molecule has 106 valence electrons. The number of aromatic carboxylic acids is 1. The van der Waals surface area contributed by atoms with Gasteiger partial charge in [0.2, 0.25) is 0 Å². The van der Waals surface area contributed by atoms with Crippen LogP contribution in [0, 0.1) is 12.7 Å². The smallest absolute Gasteiger partial charge is 0.352 e. The summed E-state index contributed by atoms with van der Waals surface area (Å²) >= 11 is 3.18. The maximum absolute atomic E-state index is 13.5. The van der Waals surface area contributed by atoms with Crippen LogP contribution < -0.4 is 0 Å². The molecule has 0 saturated carbocycles. The molecule has 0 saturated heterocycles. The number of aromatic nitrogens is 1. The van der Waals surface area contributed by atoms with Gasteiger partial charge < -0.3 is 9.67 Å². The van der Waals surface area contributed by atoms with Crippen molar-refractivity contribution >= 4 is 21.9 Å². The van der Waals surface area contributed by atoms with Crippen LogP contribution in [0.25, 0.3) is 11.3 Å². The van der Waals surface area contributed by atoms with Crippen LogP contribution in [0.1, 0.15) is 29.4 Å². The zero-order valence-corrected chi connectivity index (χ0v) is 12.9. The lowest BCUT2D eigenvalue weighted by atomic mass is 10.1. The van der Waals surface area contributed by atoms with E-state index in [1.807, 2.05) is 13.8 Å². The molecule has 0 fully saturated rings. The highest BCUT2D eigenvalue weighted by Crippen LogP contribution is 2.30. The van der Waals surface area contributed by atoms with Gasteiger partial charge in [0, 0.05) is 17.8 Å². The molecule has 1 aromatic carbocycles. The standard InChI is InChI=1S/C15H15BrFNO2/c1-3-6-18-13(4-5-14(18)15(19)20)10-8-11(16)12(17)7-9(10)2/h4-5,7-8H,3,6H2,1-2H3,(H,19,20). The van der Waals surface area contributed by atoms with Crippen LogP contribution in [0.15, 0.2) is 28.7 Å². The monoisotopic (exact) mass is 339 g/mol. The van der Waals surface area contributed by atoms with E-state index in [0.717, 1.165) is 23.2 Å². The zero-order valence-electron chi connectivity index (χ0n) is 11.3. The number of carboxylic acids is 1. The molecular weight excluding hydrogens is 325 g/mol. The predicted octanol–water partition coefficient (Wildman–Crippen LogP) is 4.47. The summed E-state index contributed by atoms with van der Waals surface area (Å²) in [5.41, 5.74) is 2.65. The third-order valence-electron chi connectivity index (χ3n) is 3.19. The highest BCUT2D eigenvalue weighted by atomic mass is 79.9. The summed E-state index contributed by atoms with van der Waals surface area (Å²) in [7, 11) is 0. The minimum atomic E-state index is -0.955. The fourth-order valence-corrected chi connectivity index (χ4v) is 2.62. The van der Waals surface area contributed by atoms with Gasteiger partial charge >= 0.3 is 5.97 Å². The number of nitrogens with zero attached hydrogens (tertiary/aromatic N) is 1. The van der Waals surface area contributed by atoms with Crippen LogP contribution in [0.5, 0.6) is 0 Å². The Morgan fingerprint density at radius 2 is 2.10 bits per heavy atom. The van der Waals surface area contributed by atoms with Crippen molar-refractivity contribution in [3.05, 3.63) is 45.8 Å². The average Bonchev–Trinajstić information content (AvgIpc) is 2.78. The number of aryl methyl sites for hydroxylation is 1. The van der Waals surface area contributed by atoms with E-state index in [1.54, 1.807) is 22.8 Å². The van der Waals surface area contributed by atoms with Gasteiger partial charge in [0.1, 0.15) is 11.5 Å². The van der Waals surface area contributed by atoms with Crippen molar-refractivity contribution in [1.29, 1.82) is 0 Å². The number of carbonyl (C=O) groups is 1. The van der Waals surface area contributed by atoms with Crippen LogP contribution in [0.4, 0.5) is 4.39 Å². The van der Waals surface area contributed by atoms with Crippen LogP contribution in [0.2, 0.25) is 0 Å². The summed E-state index contributed by atoms with van der Waals surface area (Å²) < 4.78 is 15.6. The van der Waals surface area contributed by atoms with Gasteiger partial charge in [0.15, 0.2) is 0 Å². The minimum absolute atomic E-state index is 0.252. The molecule has 3 nitrogen and oxygen atoms in total. The van der Waals surface area contributed by atoms with E-state index in [-0.39, 0.29) is 11.5 Å². The molecule has 0 spiro atoms. The minimum Gasteiger partial charge on any atom is -0.477 e. The van der Waals surface area contributed by atoms with Crippen molar-refractivity contribution in [2.75, 3.05) is 0 Å². The summed E-state index contributed by atoms with van der Waals surface area (Å²) in [5.74, 6) is -1.28. The molecule has 0 bridgehead atoms. The van der Waals surface area contributed by atoms with Gasteiger partial charge in [0.05, 0.1) is 4.47 Å². The Bertz CT molecular complexity index is 664. The van der Waals surface area contributed by atoms with Crippen LogP contribution >= 0.6 is 15.9 Å². The van der Waals surface area contributed by atoms with Gasteiger partial charge in [-0.25, -0.2) is 9.18 Å². The lowest BCUT2D eigenvalue weighted by Crippen LogP contribution is -2.09. The van der Waals surface area contributed by atoms with Gasteiger partial charge in [-0.1, -0.05) is 6.92 Å². The van der Waals surface area contributed by atoms with Crippen LogP contribution in [0.3, 0.4) is 0 Å². The van der Waals surface area contributed by atoms with Crippen molar-refractivity contribution in [1.82, 2.24) is 4.57 Å². The van der Waals surface area contributed by atoms with E-state index in [1.165, 1.54) is 6.07 Å². The Kier molecular flexibility index (Phi) is 4.28. The Morgan fingerprint density at radius 3 is 2.70 bits per heavy atom. The van der Waals surface area contributed by atoms with Crippen molar-refractivity contribution < 1.29 is 14.3 Å². The molecule has 2 rings (SSSR count). The molecular formula is C15H15BrFNO2. The lowest BCUT2D eigenvalue weighted by Gasteiger charge is -2.13. The summed E-state index contributed by atoms with van der Waals surface area (Å²) in [4.78, 5) is 11.3. The van der Waals surface area contributed by atoms with E-state index in [9.17, 15) is 14.3 Å². The largest absolute Gasteiger partial charge is 0.477 e. The van der Waals surface area contributed by atoms with Crippen LogP contribution in [-0.2, 0) is 6.54 Å². The summed E-state index contributed by atoms with van der Waals surface area (Å²) in [5, 5.41) is 9.23. The molecule has 0 atom stereocenters. The van der Waals surface area contributed by atoms with E-state index in [0.29, 0.717) is 11.0 Å². The molecule has 1 aromatic heterocycles. The molecule has 0 unspecified atom stereocenters. The number of halogens is 2. The molecule has 0 radical (unpaired) electrons.